The van der Waals surface area contributed by atoms with Crippen molar-refractivity contribution < 1.29 is 18.3 Å². The Morgan fingerprint density at radius 3 is 2.20 bits per heavy atom. The molecule has 0 bridgehead atoms. The molecule has 10 heavy (non-hydrogen) atoms. The summed E-state index contributed by atoms with van der Waals surface area (Å²) in [5.41, 5.74) is 0. The van der Waals surface area contributed by atoms with E-state index in [4.69, 9.17) is 5.11 Å². The fraction of sp³-hybridized carbons (Fsp3) is 0.667. The van der Waals surface area contributed by atoms with Crippen LogP contribution in [0.4, 0.5) is 0 Å². The lowest BCUT2D eigenvalue weighted by molar-refractivity contribution is -0.137. The molecule has 0 fully saturated rings. The molecule has 0 rings (SSSR count). The molecule has 3 N–H and O–H groups in total. The minimum absolute atomic E-state index is 0.537. The van der Waals surface area contributed by atoms with Gasteiger partial charge in [-0.25, -0.2) is 5.14 Å². The van der Waals surface area contributed by atoms with Crippen LogP contribution in [-0.2, 0) is 15.0 Å². The quantitative estimate of drug-likeness (QED) is 0.519. The van der Waals surface area contributed by atoms with Crippen molar-refractivity contribution in [1.82, 2.24) is 4.31 Å². The Balaban J connectivity index is 4.12. The highest BCUT2D eigenvalue weighted by Crippen LogP contribution is 1.86. The van der Waals surface area contributed by atoms with Crippen molar-refractivity contribution >= 4 is 16.2 Å². The average molecular weight is 168 g/mol. The summed E-state index contributed by atoms with van der Waals surface area (Å²) in [5, 5.41) is 12.6. The molecule has 0 amide bonds. The molecule has 0 saturated heterocycles. The van der Waals surface area contributed by atoms with Gasteiger partial charge in [-0.15, -0.1) is 0 Å². The smallest absolute Gasteiger partial charge is 0.318 e. The van der Waals surface area contributed by atoms with Crippen LogP contribution in [0.25, 0.3) is 0 Å². The van der Waals surface area contributed by atoms with Crippen molar-refractivity contribution in [2.24, 2.45) is 5.14 Å². The number of hydrogen-bond acceptors (Lipinski definition) is 3. The van der Waals surface area contributed by atoms with Gasteiger partial charge in [-0.2, -0.15) is 12.7 Å². The second-order valence-corrected chi connectivity index (χ2v) is 3.35. The van der Waals surface area contributed by atoms with Crippen molar-refractivity contribution in [2.75, 3.05) is 13.6 Å². The molecule has 0 saturated carbocycles. The van der Waals surface area contributed by atoms with Crippen molar-refractivity contribution in [3.8, 4) is 0 Å². The van der Waals surface area contributed by atoms with Crippen LogP contribution >= 0.6 is 0 Å². The molecule has 0 aromatic heterocycles. The first-order valence-corrected chi connectivity index (χ1v) is 3.80. The molecule has 0 heterocycles. The molecule has 0 aromatic rings. The van der Waals surface area contributed by atoms with Gasteiger partial charge < -0.3 is 5.11 Å². The number of aliphatic carboxylic acids is 1. The van der Waals surface area contributed by atoms with E-state index in [-0.39, 0.29) is 0 Å². The summed E-state index contributed by atoms with van der Waals surface area (Å²) in [5.74, 6) is -1.24. The van der Waals surface area contributed by atoms with Crippen LogP contribution in [0.1, 0.15) is 0 Å². The Bertz CT molecular complexity index is 221. The van der Waals surface area contributed by atoms with Crippen LogP contribution in [0.15, 0.2) is 0 Å². The zero-order chi connectivity index (χ0) is 8.36. The van der Waals surface area contributed by atoms with Crippen LogP contribution in [0.3, 0.4) is 0 Å². The number of carboxylic acid groups (broad SMARTS) is 1. The first kappa shape index (κ1) is 9.34. The Labute approximate surface area is 58.4 Å². The molecular weight excluding hydrogens is 160 g/mol. The maximum absolute atomic E-state index is 10.3. The van der Waals surface area contributed by atoms with Gasteiger partial charge in [0.2, 0.25) is 0 Å². The van der Waals surface area contributed by atoms with Crippen LogP contribution in [-0.4, -0.2) is 37.4 Å². The van der Waals surface area contributed by atoms with Gasteiger partial charge in [0.25, 0.3) is 10.2 Å². The van der Waals surface area contributed by atoms with Gasteiger partial charge in [0, 0.05) is 7.05 Å². The fourth-order valence-corrected chi connectivity index (χ4v) is 0.571. The van der Waals surface area contributed by atoms with Crippen LogP contribution in [0.5, 0.6) is 0 Å². The van der Waals surface area contributed by atoms with Crippen molar-refractivity contribution in [3.63, 3.8) is 0 Å². The van der Waals surface area contributed by atoms with Crippen LogP contribution in [0, 0.1) is 0 Å². The van der Waals surface area contributed by atoms with Crippen molar-refractivity contribution in [3.05, 3.63) is 0 Å². The summed E-state index contributed by atoms with van der Waals surface area (Å²) in [7, 11) is -2.76. The molecule has 60 valence electrons. The van der Waals surface area contributed by atoms with E-state index in [1.807, 2.05) is 0 Å². The van der Waals surface area contributed by atoms with E-state index in [2.05, 4.69) is 5.14 Å². The topological polar surface area (TPSA) is 101 Å². The fourth-order valence-electron chi connectivity index (χ4n) is 0.280. The monoisotopic (exact) mass is 168 g/mol. The van der Waals surface area contributed by atoms with Crippen LogP contribution in [0.2, 0.25) is 0 Å². The Morgan fingerprint density at radius 2 is 2.10 bits per heavy atom. The zero-order valence-electron chi connectivity index (χ0n) is 5.31. The number of hydrogen-bond donors (Lipinski definition) is 2. The first-order valence-electron chi connectivity index (χ1n) is 2.30. The number of nitrogens with zero attached hydrogens (tertiary/aromatic N) is 1. The number of carbonyl (C=O) groups is 1. The second-order valence-electron chi connectivity index (χ2n) is 1.69. The standard InChI is InChI=1S/C3H8N2O4S/c1-5(2-3(6)7)10(4,8)9/h2H2,1H3,(H,6,7)(H2,4,8,9). The molecular formula is C3H8N2O4S. The van der Waals surface area contributed by atoms with Gasteiger partial charge in [-0.05, 0) is 0 Å². The van der Waals surface area contributed by atoms with E-state index in [1.165, 1.54) is 0 Å². The second kappa shape index (κ2) is 2.95. The summed E-state index contributed by atoms with van der Waals surface area (Å²) in [6.07, 6.45) is 0. The minimum atomic E-state index is -3.85. The van der Waals surface area contributed by atoms with E-state index in [0.29, 0.717) is 4.31 Å². The van der Waals surface area contributed by atoms with Gasteiger partial charge >= 0.3 is 5.97 Å². The third-order valence-corrected chi connectivity index (χ3v) is 1.79. The van der Waals surface area contributed by atoms with Crippen LogP contribution < -0.4 is 5.14 Å². The lowest BCUT2D eigenvalue weighted by Gasteiger charge is -2.08. The largest absolute Gasteiger partial charge is 0.480 e. The van der Waals surface area contributed by atoms with Gasteiger partial charge in [0.05, 0.1) is 0 Å². The normalized spacial score (nSPS) is 11.9. The lowest BCUT2D eigenvalue weighted by Crippen LogP contribution is -2.36. The molecule has 0 radical (unpaired) electrons. The maximum atomic E-state index is 10.3. The molecule has 0 unspecified atom stereocenters. The SMILES string of the molecule is CN(CC(=O)O)S(N)(=O)=O. The maximum Gasteiger partial charge on any atom is 0.318 e. The summed E-state index contributed by atoms with van der Waals surface area (Å²) in [6.45, 7) is -0.612. The van der Waals surface area contributed by atoms with Crippen molar-refractivity contribution in [1.29, 1.82) is 0 Å². The summed E-state index contributed by atoms with van der Waals surface area (Å²) in [4.78, 5) is 9.89. The number of likely N-dealkylation sites (N-methyl/N-ethyl adjacent to an activating group) is 1. The van der Waals surface area contributed by atoms with E-state index < -0.39 is 22.7 Å². The number of carboxylic acids is 1. The Morgan fingerprint density at radius 1 is 1.70 bits per heavy atom. The summed E-state index contributed by atoms with van der Waals surface area (Å²) < 4.78 is 21.2. The van der Waals surface area contributed by atoms with E-state index in [0.717, 1.165) is 7.05 Å². The van der Waals surface area contributed by atoms with Gasteiger partial charge in [0.1, 0.15) is 6.54 Å². The van der Waals surface area contributed by atoms with E-state index in [1.54, 1.807) is 0 Å². The molecule has 0 aliphatic heterocycles. The molecule has 0 aromatic carbocycles. The molecule has 6 nitrogen and oxygen atoms in total. The highest BCUT2D eigenvalue weighted by Gasteiger charge is 2.13. The predicted molar refractivity (Wildman–Crippen MR) is 33.4 cm³/mol. The van der Waals surface area contributed by atoms with Gasteiger partial charge in [0.15, 0.2) is 0 Å². The molecule has 0 aliphatic rings. The molecule has 0 spiro atoms. The Kier molecular flexibility index (Phi) is 2.76. The molecule has 7 heteroatoms. The highest BCUT2D eigenvalue weighted by atomic mass is 32.2. The Hall–Kier alpha value is -0.660. The third kappa shape index (κ3) is 3.38. The van der Waals surface area contributed by atoms with Gasteiger partial charge in [-0.3, -0.25) is 4.79 Å². The molecule has 0 atom stereocenters. The number of nitrogens with two attached hydrogens (primary N) is 1. The van der Waals surface area contributed by atoms with Crippen molar-refractivity contribution in [2.45, 2.75) is 0 Å². The molecule has 0 aliphatic carbocycles. The van der Waals surface area contributed by atoms with E-state index in [9.17, 15) is 13.2 Å². The minimum Gasteiger partial charge on any atom is -0.480 e. The third-order valence-electron chi connectivity index (χ3n) is 0.792. The average Bonchev–Trinajstić information content (AvgIpc) is 1.60. The summed E-state index contributed by atoms with van der Waals surface area (Å²) >= 11 is 0. The predicted octanol–water partition coefficient (Wildman–Crippen LogP) is -1.79. The summed E-state index contributed by atoms with van der Waals surface area (Å²) in [6, 6.07) is 0. The number of rotatable bonds is 3. The van der Waals surface area contributed by atoms with Gasteiger partial charge in [-0.1, -0.05) is 0 Å². The lowest BCUT2D eigenvalue weighted by atomic mass is 10.7. The highest BCUT2D eigenvalue weighted by molar-refractivity contribution is 7.86. The zero-order valence-corrected chi connectivity index (χ0v) is 6.13. The van der Waals surface area contributed by atoms with E-state index >= 15 is 0 Å². The first-order chi connectivity index (χ1) is 4.34.